The SMILES string of the molecule is COc1ccccc1CCN1c2sc(-c3ncco3)c(C)c2C(=O)N(CC(=O)O)S1(O)O. The number of oxazole rings is 1. The maximum Gasteiger partial charge on any atom is 0.325 e. The van der Waals surface area contributed by atoms with E-state index in [4.69, 9.17) is 9.15 Å². The fourth-order valence-electron chi connectivity index (χ4n) is 3.57. The van der Waals surface area contributed by atoms with Gasteiger partial charge in [-0.1, -0.05) is 18.2 Å². The molecule has 3 N–H and O–H groups in total. The molecule has 12 heteroatoms. The highest BCUT2D eigenvalue weighted by Crippen LogP contribution is 2.59. The lowest BCUT2D eigenvalue weighted by Gasteiger charge is -2.52. The van der Waals surface area contributed by atoms with E-state index in [-0.39, 0.29) is 12.1 Å². The molecule has 0 radical (unpaired) electrons. The number of ether oxygens (including phenoxy) is 1. The molecule has 1 amide bonds. The number of aromatic nitrogens is 1. The quantitative estimate of drug-likeness (QED) is 0.461. The van der Waals surface area contributed by atoms with E-state index in [0.717, 1.165) is 16.9 Å². The zero-order valence-corrected chi connectivity index (χ0v) is 18.9. The van der Waals surface area contributed by atoms with Gasteiger partial charge in [0.2, 0.25) is 5.89 Å². The molecule has 0 fully saturated rings. The number of carboxylic acid groups (broad SMARTS) is 1. The van der Waals surface area contributed by atoms with Gasteiger partial charge in [-0.2, -0.15) is 0 Å². The molecule has 0 atom stereocenters. The van der Waals surface area contributed by atoms with Crippen molar-refractivity contribution in [3.8, 4) is 16.5 Å². The van der Waals surface area contributed by atoms with Crippen molar-refractivity contribution in [2.75, 3.05) is 24.5 Å². The summed E-state index contributed by atoms with van der Waals surface area (Å²) in [5, 5.41) is 9.62. The Labute approximate surface area is 189 Å². The average molecular weight is 480 g/mol. The second kappa shape index (κ2) is 8.47. The van der Waals surface area contributed by atoms with Gasteiger partial charge in [-0.25, -0.2) is 13.6 Å². The summed E-state index contributed by atoms with van der Waals surface area (Å²) >= 11 is 1.14. The minimum atomic E-state index is -3.93. The molecule has 0 aliphatic carbocycles. The molecule has 3 aromatic rings. The van der Waals surface area contributed by atoms with Gasteiger partial charge in [0.25, 0.3) is 5.91 Å². The van der Waals surface area contributed by atoms with Crippen molar-refractivity contribution in [2.24, 2.45) is 0 Å². The first-order chi connectivity index (χ1) is 15.3. The van der Waals surface area contributed by atoms with Crippen LogP contribution in [-0.4, -0.2) is 55.6 Å². The lowest BCUT2D eigenvalue weighted by atomic mass is 10.1. The Kier molecular flexibility index (Phi) is 5.86. The number of anilines is 1. The lowest BCUT2D eigenvalue weighted by Crippen LogP contribution is -2.49. The third-order valence-electron chi connectivity index (χ3n) is 5.07. The van der Waals surface area contributed by atoms with Crippen molar-refractivity contribution >= 4 is 39.2 Å². The molecule has 0 saturated carbocycles. The Hall–Kier alpha value is -3.06. The normalized spacial score (nSPS) is 16.1. The number of methoxy groups -OCH3 is 1. The van der Waals surface area contributed by atoms with Gasteiger partial charge < -0.3 is 14.3 Å². The molecule has 1 aromatic carbocycles. The van der Waals surface area contributed by atoms with Gasteiger partial charge in [0, 0.05) is 6.54 Å². The third-order valence-corrected chi connectivity index (χ3v) is 8.33. The van der Waals surface area contributed by atoms with E-state index in [1.807, 2.05) is 18.2 Å². The van der Waals surface area contributed by atoms with Crippen LogP contribution in [0, 0.1) is 6.92 Å². The molecular weight excluding hydrogens is 458 g/mol. The van der Waals surface area contributed by atoms with Crippen LogP contribution >= 0.6 is 22.3 Å². The van der Waals surface area contributed by atoms with Crippen molar-refractivity contribution in [1.29, 1.82) is 0 Å². The standard InChI is InChI=1S/C20H21N3O7S2/c1-12-16-19(26)23(11-15(24)25)32(27,28)22(9-7-13-5-3-4-6-14(13)29-2)20(16)31-17(12)18-21-8-10-30-18/h3-6,8,10,27-28H,7,9,11H2,1-2H3,(H,24,25). The zero-order chi connectivity index (χ0) is 23.0. The molecule has 1 aliphatic rings. The molecule has 4 rings (SSSR count). The van der Waals surface area contributed by atoms with Crippen molar-refractivity contribution in [2.45, 2.75) is 13.3 Å². The number of nitrogens with zero attached hydrogens (tertiary/aromatic N) is 3. The summed E-state index contributed by atoms with van der Waals surface area (Å²) in [6, 6.07) is 7.32. The van der Waals surface area contributed by atoms with Crippen LogP contribution in [-0.2, 0) is 11.2 Å². The Morgan fingerprint density at radius 2 is 2.03 bits per heavy atom. The summed E-state index contributed by atoms with van der Waals surface area (Å²) in [5.74, 6) is -1.18. The third kappa shape index (κ3) is 3.71. The number of carboxylic acids is 1. The number of amides is 1. The number of hydrogen-bond acceptors (Lipinski definition) is 9. The fraction of sp³-hybridized carbons (Fsp3) is 0.250. The van der Waals surface area contributed by atoms with Crippen LogP contribution in [0.3, 0.4) is 0 Å². The highest BCUT2D eigenvalue weighted by molar-refractivity contribution is 8.24. The number of carbonyl (C=O) groups excluding carboxylic acids is 1. The Balaban J connectivity index is 1.80. The molecule has 1 aliphatic heterocycles. The average Bonchev–Trinajstić information content (AvgIpc) is 3.39. The van der Waals surface area contributed by atoms with Crippen LogP contribution in [0.15, 0.2) is 41.1 Å². The van der Waals surface area contributed by atoms with Gasteiger partial charge in [-0.15, -0.1) is 11.3 Å². The first-order valence-corrected chi connectivity index (χ1v) is 11.8. The summed E-state index contributed by atoms with van der Waals surface area (Å²) < 4.78 is 34.7. The first kappa shape index (κ1) is 22.1. The summed E-state index contributed by atoms with van der Waals surface area (Å²) in [7, 11) is -2.38. The summed E-state index contributed by atoms with van der Waals surface area (Å²) in [6.45, 7) is 0.945. The summed E-state index contributed by atoms with van der Waals surface area (Å²) in [5.41, 5.74) is 1.57. The van der Waals surface area contributed by atoms with Gasteiger partial charge >= 0.3 is 5.97 Å². The number of fused-ring (bicyclic) bond motifs is 1. The highest BCUT2D eigenvalue weighted by Gasteiger charge is 2.46. The van der Waals surface area contributed by atoms with E-state index in [0.29, 0.717) is 37.8 Å². The Bertz CT molecular complexity index is 1160. The summed E-state index contributed by atoms with van der Waals surface area (Å²) in [6.07, 6.45) is 3.23. The number of thiophene rings is 1. The minimum Gasteiger partial charge on any atom is -0.496 e. The van der Waals surface area contributed by atoms with Crippen LogP contribution in [0.2, 0.25) is 0 Å². The molecule has 3 heterocycles. The summed E-state index contributed by atoms with van der Waals surface area (Å²) in [4.78, 5) is 29.3. The fourth-order valence-corrected chi connectivity index (χ4v) is 6.64. The van der Waals surface area contributed by atoms with E-state index >= 15 is 0 Å². The second-order valence-electron chi connectivity index (χ2n) is 6.96. The number of para-hydroxylation sites is 1. The molecular formula is C20H21N3O7S2. The highest BCUT2D eigenvalue weighted by atomic mass is 32.3. The van der Waals surface area contributed by atoms with Gasteiger partial charge in [0.1, 0.15) is 23.6 Å². The molecule has 0 spiro atoms. The Morgan fingerprint density at radius 3 is 2.69 bits per heavy atom. The van der Waals surface area contributed by atoms with Crippen LogP contribution < -0.4 is 9.04 Å². The largest absolute Gasteiger partial charge is 0.496 e. The van der Waals surface area contributed by atoms with Gasteiger partial charge in [0.15, 0.2) is 0 Å². The van der Waals surface area contributed by atoms with Crippen LogP contribution in [0.1, 0.15) is 21.5 Å². The van der Waals surface area contributed by atoms with Crippen molar-refractivity contribution in [3.05, 3.63) is 53.4 Å². The molecule has 0 saturated heterocycles. The maximum atomic E-state index is 13.2. The van der Waals surface area contributed by atoms with Gasteiger partial charge in [-0.3, -0.25) is 18.7 Å². The molecule has 0 bridgehead atoms. The molecule has 170 valence electrons. The first-order valence-electron chi connectivity index (χ1n) is 9.50. The van der Waals surface area contributed by atoms with Crippen molar-refractivity contribution < 1.29 is 33.0 Å². The van der Waals surface area contributed by atoms with Crippen LogP contribution in [0.25, 0.3) is 10.8 Å². The molecule has 2 aromatic heterocycles. The number of rotatable bonds is 7. The van der Waals surface area contributed by atoms with Crippen molar-refractivity contribution in [3.63, 3.8) is 0 Å². The minimum absolute atomic E-state index is 0.101. The monoisotopic (exact) mass is 479 g/mol. The maximum absolute atomic E-state index is 13.2. The van der Waals surface area contributed by atoms with Gasteiger partial charge in [0.05, 0.1) is 23.7 Å². The van der Waals surface area contributed by atoms with E-state index in [9.17, 15) is 23.8 Å². The van der Waals surface area contributed by atoms with E-state index in [1.54, 1.807) is 20.1 Å². The van der Waals surface area contributed by atoms with Crippen LogP contribution in [0.4, 0.5) is 5.00 Å². The van der Waals surface area contributed by atoms with E-state index in [1.165, 1.54) is 16.8 Å². The van der Waals surface area contributed by atoms with E-state index < -0.39 is 29.4 Å². The van der Waals surface area contributed by atoms with Gasteiger partial charge in [-0.05, 0) is 41.5 Å². The van der Waals surface area contributed by atoms with Crippen molar-refractivity contribution in [1.82, 2.24) is 9.29 Å². The Morgan fingerprint density at radius 1 is 1.28 bits per heavy atom. The number of hydrogen-bond donors (Lipinski definition) is 3. The number of benzene rings is 1. The molecule has 10 nitrogen and oxygen atoms in total. The lowest BCUT2D eigenvalue weighted by molar-refractivity contribution is -0.137. The van der Waals surface area contributed by atoms with E-state index in [2.05, 4.69) is 4.98 Å². The topological polar surface area (TPSA) is 137 Å². The predicted octanol–water partition coefficient (Wildman–Crippen LogP) is 3.89. The molecule has 32 heavy (non-hydrogen) atoms. The zero-order valence-electron chi connectivity index (χ0n) is 17.2. The van der Waals surface area contributed by atoms with Crippen LogP contribution in [0.5, 0.6) is 5.75 Å². The molecule has 0 unspecified atom stereocenters. The smallest absolute Gasteiger partial charge is 0.325 e. The number of aliphatic carboxylic acids is 1. The number of carbonyl (C=O) groups is 2. The second-order valence-corrected chi connectivity index (χ2v) is 9.82. The predicted molar refractivity (Wildman–Crippen MR) is 120 cm³/mol.